The maximum atomic E-state index is 6.40. The van der Waals surface area contributed by atoms with Crippen molar-refractivity contribution in [3.05, 3.63) is 163 Å². The Kier molecular flexibility index (Phi) is 5.37. The van der Waals surface area contributed by atoms with Crippen molar-refractivity contribution in [3.63, 3.8) is 0 Å². The lowest BCUT2D eigenvalue weighted by Gasteiger charge is -2.28. The van der Waals surface area contributed by atoms with Gasteiger partial charge in [-0.15, -0.1) is 0 Å². The first-order valence-electron chi connectivity index (χ1n) is 16.3. The van der Waals surface area contributed by atoms with Crippen LogP contribution in [0.2, 0.25) is 0 Å². The van der Waals surface area contributed by atoms with Crippen LogP contribution in [0.15, 0.2) is 156 Å². The van der Waals surface area contributed by atoms with Crippen molar-refractivity contribution in [3.8, 4) is 11.1 Å². The second-order valence-electron chi connectivity index (χ2n) is 13.4. The van der Waals surface area contributed by atoms with Gasteiger partial charge in [-0.2, -0.15) is 0 Å². The molecule has 2 heteroatoms. The molecule has 0 unspecified atom stereocenters. The van der Waals surface area contributed by atoms with Crippen LogP contribution in [0.5, 0.6) is 0 Å². The fourth-order valence-electron chi connectivity index (χ4n) is 8.09. The normalized spacial score (nSPS) is 13.5. The average Bonchev–Trinajstić information content (AvgIpc) is 3.59. The molecule has 0 amide bonds. The minimum Gasteiger partial charge on any atom is -0.456 e. The first kappa shape index (κ1) is 26.4. The van der Waals surface area contributed by atoms with Crippen LogP contribution < -0.4 is 4.90 Å². The largest absolute Gasteiger partial charge is 0.456 e. The number of nitrogens with zero attached hydrogens (tertiary/aromatic N) is 1. The molecule has 0 saturated heterocycles. The molecule has 9 aromatic rings. The molecule has 0 atom stereocenters. The van der Waals surface area contributed by atoms with Crippen molar-refractivity contribution < 1.29 is 4.42 Å². The number of benzene rings is 8. The monoisotopic (exact) mass is 601 g/mol. The molecular weight excluding hydrogens is 571 g/mol. The number of anilines is 3. The fraction of sp³-hybridized carbons (Fsp3) is 0.0667. The van der Waals surface area contributed by atoms with E-state index in [-0.39, 0.29) is 5.41 Å². The predicted octanol–water partition coefficient (Wildman–Crippen LogP) is 12.8. The van der Waals surface area contributed by atoms with Crippen LogP contribution in [0.1, 0.15) is 25.0 Å². The lowest BCUT2D eigenvalue weighted by Crippen LogP contribution is -2.16. The van der Waals surface area contributed by atoms with Gasteiger partial charge < -0.3 is 9.32 Å². The van der Waals surface area contributed by atoms with Gasteiger partial charge in [0.25, 0.3) is 0 Å². The molecule has 10 rings (SSSR count). The van der Waals surface area contributed by atoms with Gasteiger partial charge in [-0.05, 0) is 97.0 Å². The zero-order valence-electron chi connectivity index (χ0n) is 26.3. The van der Waals surface area contributed by atoms with E-state index in [2.05, 4.69) is 158 Å². The van der Waals surface area contributed by atoms with Gasteiger partial charge in [0, 0.05) is 39.3 Å². The van der Waals surface area contributed by atoms with E-state index in [1.807, 2.05) is 12.1 Å². The van der Waals surface area contributed by atoms with Gasteiger partial charge in [0.2, 0.25) is 0 Å². The molecule has 0 spiro atoms. The van der Waals surface area contributed by atoms with Crippen LogP contribution in [-0.4, -0.2) is 0 Å². The van der Waals surface area contributed by atoms with Crippen molar-refractivity contribution in [1.29, 1.82) is 0 Å². The van der Waals surface area contributed by atoms with E-state index in [1.165, 1.54) is 54.6 Å². The number of hydrogen-bond acceptors (Lipinski definition) is 2. The van der Waals surface area contributed by atoms with Crippen molar-refractivity contribution >= 4 is 71.3 Å². The summed E-state index contributed by atoms with van der Waals surface area (Å²) in [7, 11) is 0. The molecule has 8 aromatic carbocycles. The number of furan rings is 1. The van der Waals surface area contributed by atoms with Crippen LogP contribution in [0, 0.1) is 0 Å². The average molecular weight is 602 g/mol. The lowest BCUT2D eigenvalue weighted by atomic mass is 9.82. The zero-order chi connectivity index (χ0) is 31.3. The smallest absolute Gasteiger partial charge is 0.137 e. The highest BCUT2D eigenvalue weighted by Crippen LogP contribution is 2.51. The van der Waals surface area contributed by atoms with Gasteiger partial charge in [0.1, 0.15) is 11.2 Å². The fourth-order valence-corrected chi connectivity index (χ4v) is 8.09. The van der Waals surface area contributed by atoms with Crippen LogP contribution in [0.4, 0.5) is 17.1 Å². The summed E-state index contributed by atoms with van der Waals surface area (Å²) in [6.07, 6.45) is 0. The maximum Gasteiger partial charge on any atom is 0.137 e. The third-order valence-electron chi connectivity index (χ3n) is 10.4. The van der Waals surface area contributed by atoms with E-state index in [4.69, 9.17) is 4.42 Å². The SMILES string of the molecule is CC1(C)c2ccccc2-c2ccc(N(c3ccc4c(ccc5ccc6ccccc6c54)c3)c3ccc4c(c3)oc3ccccc34)cc21. The summed E-state index contributed by atoms with van der Waals surface area (Å²) in [6, 6.07) is 55.3. The molecule has 0 N–H and O–H groups in total. The van der Waals surface area contributed by atoms with Gasteiger partial charge >= 0.3 is 0 Å². The second kappa shape index (κ2) is 9.57. The first-order valence-corrected chi connectivity index (χ1v) is 16.3. The molecule has 222 valence electrons. The quantitative estimate of drug-likeness (QED) is 0.187. The van der Waals surface area contributed by atoms with Gasteiger partial charge in [0.05, 0.1) is 0 Å². The highest BCUT2D eigenvalue weighted by molar-refractivity contribution is 6.20. The Morgan fingerprint density at radius 3 is 1.91 bits per heavy atom. The van der Waals surface area contributed by atoms with Crippen molar-refractivity contribution in [1.82, 2.24) is 0 Å². The third-order valence-corrected chi connectivity index (χ3v) is 10.4. The third kappa shape index (κ3) is 3.79. The van der Waals surface area contributed by atoms with Crippen molar-refractivity contribution in [2.45, 2.75) is 19.3 Å². The number of hydrogen-bond donors (Lipinski definition) is 0. The van der Waals surface area contributed by atoms with E-state index >= 15 is 0 Å². The molecule has 0 radical (unpaired) electrons. The summed E-state index contributed by atoms with van der Waals surface area (Å²) in [5.74, 6) is 0. The van der Waals surface area contributed by atoms with Crippen LogP contribution in [0.25, 0.3) is 65.4 Å². The minimum absolute atomic E-state index is 0.0976. The Bertz CT molecular complexity index is 2730. The summed E-state index contributed by atoms with van der Waals surface area (Å²) < 4.78 is 6.40. The molecule has 1 aromatic heterocycles. The van der Waals surface area contributed by atoms with Crippen LogP contribution >= 0.6 is 0 Å². The topological polar surface area (TPSA) is 16.4 Å². The standard InChI is InChI=1S/C45H31NO/c1-45(2)40-13-7-5-11-36(40)37-23-20-32(26-41(37)45)46(33-21-24-39-38-12-6-8-14-42(38)47-43(39)27-33)31-19-22-35-30(25-31)18-17-29-16-15-28-9-3-4-10-34(28)44(29)35/h3-27H,1-2H3. The van der Waals surface area contributed by atoms with E-state index < -0.39 is 0 Å². The summed E-state index contributed by atoms with van der Waals surface area (Å²) in [5, 5.41) is 9.87. The summed E-state index contributed by atoms with van der Waals surface area (Å²) in [6.45, 7) is 4.69. The maximum absolute atomic E-state index is 6.40. The van der Waals surface area contributed by atoms with Gasteiger partial charge in [-0.3, -0.25) is 0 Å². The Labute approximate surface area is 273 Å². The van der Waals surface area contributed by atoms with E-state index in [0.29, 0.717) is 0 Å². The molecule has 0 aliphatic heterocycles. The van der Waals surface area contributed by atoms with E-state index in [0.717, 1.165) is 39.0 Å². The first-order chi connectivity index (χ1) is 23.0. The second-order valence-corrected chi connectivity index (χ2v) is 13.4. The molecule has 47 heavy (non-hydrogen) atoms. The molecule has 0 saturated carbocycles. The van der Waals surface area contributed by atoms with Gasteiger partial charge in [0.15, 0.2) is 0 Å². The van der Waals surface area contributed by atoms with Gasteiger partial charge in [-0.1, -0.05) is 117 Å². The molecule has 0 fully saturated rings. The number of para-hydroxylation sites is 1. The number of fused-ring (bicyclic) bond motifs is 11. The number of rotatable bonds is 3. The Hall–Kier alpha value is -5.86. The Balaban J connectivity index is 1.21. The molecular formula is C45H31NO. The summed E-state index contributed by atoms with van der Waals surface area (Å²) >= 11 is 0. The van der Waals surface area contributed by atoms with Crippen molar-refractivity contribution in [2.75, 3.05) is 4.90 Å². The highest BCUT2D eigenvalue weighted by Gasteiger charge is 2.35. The lowest BCUT2D eigenvalue weighted by molar-refractivity contribution is 0.660. The van der Waals surface area contributed by atoms with E-state index in [1.54, 1.807) is 0 Å². The molecule has 0 bridgehead atoms. The Morgan fingerprint density at radius 1 is 0.426 bits per heavy atom. The predicted molar refractivity (Wildman–Crippen MR) is 198 cm³/mol. The summed E-state index contributed by atoms with van der Waals surface area (Å²) in [5.41, 5.74) is 10.4. The minimum atomic E-state index is -0.0976. The highest BCUT2D eigenvalue weighted by atomic mass is 16.3. The Morgan fingerprint density at radius 2 is 1.02 bits per heavy atom. The molecule has 2 nitrogen and oxygen atoms in total. The molecule has 1 aliphatic carbocycles. The summed E-state index contributed by atoms with van der Waals surface area (Å²) in [4.78, 5) is 2.39. The molecule has 1 heterocycles. The van der Waals surface area contributed by atoms with Crippen molar-refractivity contribution in [2.24, 2.45) is 0 Å². The van der Waals surface area contributed by atoms with Crippen LogP contribution in [0.3, 0.4) is 0 Å². The van der Waals surface area contributed by atoms with Crippen LogP contribution in [-0.2, 0) is 5.41 Å². The molecule has 1 aliphatic rings. The zero-order valence-corrected chi connectivity index (χ0v) is 26.3. The van der Waals surface area contributed by atoms with Gasteiger partial charge in [-0.25, -0.2) is 0 Å². The van der Waals surface area contributed by atoms with E-state index in [9.17, 15) is 0 Å².